The van der Waals surface area contributed by atoms with E-state index in [2.05, 4.69) is 173 Å². The van der Waals surface area contributed by atoms with Crippen LogP contribution in [0.5, 0.6) is 0 Å². The maximum atomic E-state index is 12.0. The van der Waals surface area contributed by atoms with Gasteiger partial charge in [0.2, 0.25) is 23.0 Å². The first-order valence-electron chi connectivity index (χ1n) is 33.7. The van der Waals surface area contributed by atoms with Crippen molar-refractivity contribution in [3.8, 4) is 0 Å². The number of carboxylic acids is 2. The molecule has 19 nitrogen and oxygen atoms in total. The molecule has 0 aliphatic carbocycles. The van der Waals surface area contributed by atoms with Gasteiger partial charge in [0.1, 0.15) is 19.6 Å². The van der Waals surface area contributed by atoms with Gasteiger partial charge in [0.05, 0.1) is 21.1 Å². The highest BCUT2D eigenvalue weighted by Crippen LogP contribution is 2.48. The number of fused-ring (bicyclic) bond motifs is 4. The lowest BCUT2D eigenvalue weighted by Crippen LogP contribution is -3.00. The van der Waals surface area contributed by atoms with E-state index in [0.717, 1.165) is 68.0 Å². The number of carboxylic acid groups (broad SMARTS) is 2. The molecule has 4 aliphatic rings. The maximum Gasteiger partial charge on any atom is 0.425 e. The Labute approximate surface area is 622 Å². The van der Waals surface area contributed by atoms with Crippen molar-refractivity contribution in [1.82, 2.24) is 0 Å². The maximum absolute atomic E-state index is 12.0. The average Bonchev–Trinajstić information content (AvgIpc) is 1.62. The summed E-state index contributed by atoms with van der Waals surface area (Å²) in [5.74, 6) is -1.57. The quantitative estimate of drug-likeness (QED) is 0.0170. The number of nitrogens with zero attached hydrogens (tertiary/aromatic N) is 5. The summed E-state index contributed by atoms with van der Waals surface area (Å²) in [5, 5.41) is 17.9. The van der Waals surface area contributed by atoms with E-state index in [1.165, 1.54) is 62.5 Å². The molecule has 3 N–H and O–H groups in total. The van der Waals surface area contributed by atoms with E-state index in [4.69, 9.17) is 35.5 Å². The molecule has 4 aliphatic heterocycles. The second kappa shape index (κ2) is 39.1. The van der Waals surface area contributed by atoms with Gasteiger partial charge in [-0.2, -0.15) is 22.1 Å². The van der Waals surface area contributed by atoms with Gasteiger partial charge in [0.15, 0.2) is 17.1 Å². The van der Waals surface area contributed by atoms with Crippen LogP contribution in [0.1, 0.15) is 162 Å². The van der Waals surface area contributed by atoms with Crippen molar-refractivity contribution in [3.63, 3.8) is 0 Å². The summed E-state index contributed by atoms with van der Waals surface area (Å²) >= 11 is 0. The van der Waals surface area contributed by atoms with Crippen LogP contribution < -0.4 is 33.8 Å². The SMILES string of the molecule is CC(=O)N(/C=C/C=C/C=C/C1=[N+](CCCCCC(=O)O)c2ccccc2C1(C)C)c1ccccc1.CCN1C(=CC=CC=CC=CC2=[N+](CCCCCC(=O)O)c3ccc(S(=O)(=O)O)cc3C2(C)C)C(C)(C)c2cc(C)ccc21.CC[N+]1=C(C)C(C)(C)c2ccccc21.O=S(=O)=O.O=S(=O)=O.[I-]. The normalized spacial score (nSPS) is 16.0. The Kier molecular flexibility index (Phi) is 32.9. The molecule has 0 bridgehead atoms. The van der Waals surface area contributed by atoms with Gasteiger partial charge in [0.25, 0.3) is 10.1 Å². The highest BCUT2D eigenvalue weighted by molar-refractivity contribution is 7.85. The molecule has 546 valence electrons. The summed E-state index contributed by atoms with van der Waals surface area (Å²) in [5.41, 5.74) is 16.2. The van der Waals surface area contributed by atoms with Crippen LogP contribution in [0.2, 0.25) is 0 Å². The van der Waals surface area contributed by atoms with E-state index in [-0.39, 0.29) is 63.9 Å². The number of aliphatic carboxylic acids is 2. The third kappa shape index (κ3) is 22.9. The second-order valence-electron chi connectivity index (χ2n) is 26.7. The number of rotatable bonds is 24. The highest BCUT2D eigenvalue weighted by Gasteiger charge is 2.46. The fourth-order valence-corrected chi connectivity index (χ4v) is 13.7. The summed E-state index contributed by atoms with van der Waals surface area (Å²) in [6.07, 6.45) is 31.1. The van der Waals surface area contributed by atoms with Gasteiger partial charge in [0, 0.05) is 122 Å². The number of unbranched alkanes of at least 4 members (excludes halogenated alkanes) is 4. The van der Waals surface area contributed by atoms with E-state index in [0.29, 0.717) is 19.4 Å². The van der Waals surface area contributed by atoms with Gasteiger partial charge in [-0.05, 0) is 136 Å². The third-order valence-electron chi connectivity index (χ3n) is 18.5. The number of anilines is 2. The number of aryl methyl sites for hydroxylation is 1. The molecule has 5 aromatic rings. The minimum atomic E-state index is -4.34. The fourth-order valence-electron chi connectivity index (χ4n) is 13.2. The van der Waals surface area contributed by atoms with Crippen molar-refractivity contribution >= 4 is 94.8 Å². The van der Waals surface area contributed by atoms with Gasteiger partial charge in [-0.1, -0.05) is 135 Å². The standard InChI is InChI=1S/C36H44N2O5S.C30H34N2O3.C13H18N.HI.2O3S/c1-7-37-30-21-19-26(2)24-28(30)35(3,4)32(37)16-12-9-8-10-13-17-33-36(5,6)29-25-27(44(41,42)43)20-22-31(29)38(33)23-15-11-14-18-34(39)40;1-24(33)31(25-16-8-6-9-17-25)22-14-5-4-10-20-28-30(2,3)26-18-12-13-19-27(26)32(28)23-15-7-11-21-29(34)35;1-5-14-10(2)13(3,4)11-8-6-7-9-12(11)14;;2*1-4(2)3/h8-10,12-13,16-17,19-22,24-25H,7,11,14-15,18,23H2,1-6H3,(H-,39,40,41,42,43);4-6,8-10,12-14,16-20,22H,7,11,15,21,23H2,1-3H3;6-9H,5H2,1-4H3;1H;;/q;;+1;;;/p+1. The molecule has 102 heavy (non-hydrogen) atoms. The number of benzene rings is 5. The monoisotopic (exact) mass is 1560 g/mol. The Morgan fingerprint density at radius 2 is 0.971 bits per heavy atom. The predicted molar refractivity (Wildman–Crippen MR) is 400 cm³/mol. The lowest BCUT2D eigenvalue weighted by Gasteiger charge is -2.25. The molecule has 9 rings (SSSR count). The van der Waals surface area contributed by atoms with Crippen molar-refractivity contribution in [2.45, 2.75) is 168 Å². The molecule has 0 unspecified atom stereocenters. The minimum absolute atomic E-state index is 0. The summed E-state index contributed by atoms with van der Waals surface area (Å²) in [6.45, 7) is 31.5. The van der Waals surface area contributed by atoms with E-state index in [9.17, 15) is 27.4 Å². The van der Waals surface area contributed by atoms with Crippen LogP contribution in [0.4, 0.5) is 28.4 Å². The summed E-state index contributed by atoms with van der Waals surface area (Å²) < 4.78 is 91.0. The first-order chi connectivity index (χ1) is 47.6. The lowest BCUT2D eigenvalue weighted by molar-refractivity contribution is -0.438. The zero-order valence-corrected chi connectivity index (χ0v) is 65.2. The number of halogens is 1. The van der Waals surface area contributed by atoms with Crippen LogP contribution in [-0.4, -0.2) is 123 Å². The first kappa shape index (κ1) is 85.8. The first-order valence-corrected chi connectivity index (χ1v) is 37.2. The summed E-state index contributed by atoms with van der Waals surface area (Å²) in [4.78, 5) is 37.6. The highest BCUT2D eigenvalue weighted by atomic mass is 127. The van der Waals surface area contributed by atoms with Gasteiger partial charge in [-0.15, -0.1) is 25.3 Å². The zero-order valence-electron chi connectivity index (χ0n) is 60.6. The lowest BCUT2D eigenvalue weighted by atomic mass is 9.81. The molecular formula is C79H98IN5O14S3+2. The molecule has 5 aromatic carbocycles. The predicted octanol–water partition coefficient (Wildman–Crippen LogP) is 12.1. The van der Waals surface area contributed by atoms with Crippen LogP contribution in [0.25, 0.3) is 0 Å². The molecule has 23 heteroatoms. The van der Waals surface area contributed by atoms with Gasteiger partial charge < -0.3 is 39.1 Å². The number of hydrogen-bond acceptors (Lipinski definition) is 12. The van der Waals surface area contributed by atoms with Gasteiger partial charge in [-0.3, -0.25) is 23.8 Å². The van der Waals surface area contributed by atoms with Crippen molar-refractivity contribution in [1.29, 1.82) is 0 Å². The number of carbonyl (C=O) groups is 3. The Hall–Kier alpha value is -8.62. The fraction of sp³-hybridized carbons (Fsp3) is 0.367. The summed E-state index contributed by atoms with van der Waals surface area (Å²) in [6, 6.07) is 38.2. The van der Waals surface area contributed by atoms with Crippen LogP contribution in [0, 0.1) is 6.92 Å². The van der Waals surface area contributed by atoms with E-state index >= 15 is 0 Å². The Bertz CT molecular complexity index is 4480. The summed E-state index contributed by atoms with van der Waals surface area (Å²) in [7, 11) is -10.6. The largest absolute Gasteiger partial charge is 1.00 e. The van der Waals surface area contributed by atoms with Gasteiger partial charge in [-0.25, -0.2) is 0 Å². The molecule has 4 heterocycles. The van der Waals surface area contributed by atoms with Crippen LogP contribution in [-0.2, 0) is 67.4 Å². The van der Waals surface area contributed by atoms with Gasteiger partial charge >= 0.3 is 33.2 Å². The molecule has 0 radical (unpaired) electrons. The number of likely N-dealkylation sites (N-methyl/N-ethyl adjacent to an activating group) is 1. The van der Waals surface area contributed by atoms with E-state index in [1.54, 1.807) is 30.2 Å². The molecule has 1 amide bonds. The van der Waals surface area contributed by atoms with Crippen molar-refractivity contribution in [2.24, 2.45) is 0 Å². The third-order valence-corrected chi connectivity index (χ3v) is 19.4. The molecule has 0 atom stereocenters. The molecular weight excluding hydrogens is 1470 g/mol. The smallest absolute Gasteiger partial charge is 0.425 e. The number of allylic oxidation sites excluding steroid dienone is 13. The van der Waals surface area contributed by atoms with Crippen molar-refractivity contribution < 1.29 is 101 Å². The number of hydrogen-bond donors (Lipinski definition) is 3. The van der Waals surface area contributed by atoms with Crippen molar-refractivity contribution in [3.05, 3.63) is 228 Å². The Morgan fingerprint density at radius 1 is 0.520 bits per heavy atom. The van der Waals surface area contributed by atoms with Crippen LogP contribution >= 0.6 is 0 Å². The van der Waals surface area contributed by atoms with E-state index in [1.807, 2.05) is 98.9 Å². The minimum Gasteiger partial charge on any atom is -1.00 e. The number of amides is 1. The van der Waals surface area contributed by atoms with E-state index < -0.39 is 48.7 Å². The molecule has 0 saturated heterocycles. The van der Waals surface area contributed by atoms with Crippen LogP contribution in [0.3, 0.4) is 0 Å². The number of carbonyl (C=O) groups excluding carboxylic acids is 1. The van der Waals surface area contributed by atoms with Crippen LogP contribution in [0.15, 0.2) is 205 Å². The molecule has 0 fully saturated rings. The molecule has 0 aromatic heterocycles. The zero-order chi connectivity index (χ0) is 75.0. The Morgan fingerprint density at radius 3 is 1.46 bits per heavy atom. The Balaban J connectivity index is 0.000000335. The second-order valence-corrected chi connectivity index (χ2v) is 28.9. The van der Waals surface area contributed by atoms with Crippen molar-refractivity contribution in [2.75, 3.05) is 36.0 Å². The molecule has 0 spiro atoms. The molecule has 0 saturated carbocycles. The topological polar surface area (TPSA) is 264 Å². The average molecular weight is 1560 g/mol. The number of para-hydroxylation sites is 3.